The number of carbonyl (C=O) groups excluding carboxylic acids is 1. The highest BCUT2D eigenvalue weighted by molar-refractivity contribution is 7.78. The fourth-order valence-corrected chi connectivity index (χ4v) is 5.09. The van der Waals surface area contributed by atoms with Crippen molar-refractivity contribution in [1.29, 1.82) is 0 Å². The van der Waals surface area contributed by atoms with Gasteiger partial charge in [-0.2, -0.15) is 0 Å². The first-order valence-corrected chi connectivity index (χ1v) is 10.5. The number of hydrogen-bond acceptors (Lipinski definition) is 3. The summed E-state index contributed by atoms with van der Waals surface area (Å²) in [4.78, 5) is 10.7. The molecule has 0 amide bonds. The molecule has 0 saturated carbocycles. The van der Waals surface area contributed by atoms with Crippen LogP contribution in [0, 0.1) is 0 Å². The largest absolute Gasteiger partial charge is 0.466 e. The molecule has 4 heteroatoms. The molecule has 0 aliphatic heterocycles. The quantitative estimate of drug-likeness (QED) is 0.291. The molecule has 0 atom stereocenters. The van der Waals surface area contributed by atoms with Crippen molar-refractivity contribution in [2.45, 2.75) is 26.2 Å². The highest BCUT2D eigenvalue weighted by Crippen LogP contribution is 2.43. The van der Waals surface area contributed by atoms with Crippen molar-refractivity contribution in [2.24, 2.45) is 0 Å². The van der Waals surface area contributed by atoms with Gasteiger partial charge >= 0.3 is 5.97 Å². The maximum absolute atomic E-state index is 13.7. The van der Waals surface area contributed by atoms with E-state index in [1.807, 2.05) is 66.7 Å². The monoisotopic (exact) mass is 356 g/mol. The fourth-order valence-electron chi connectivity index (χ4n) is 2.62. The van der Waals surface area contributed by atoms with Crippen LogP contribution < -0.4 is 10.6 Å². The number of unbranched alkanes of at least 4 members (excludes halogenated alkanes) is 2. The first-order valence-electron chi connectivity index (χ1n) is 8.61. The van der Waals surface area contributed by atoms with E-state index in [9.17, 15) is 9.36 Å². The predicted molar refractivity (Wildman–Crippen MR) is 104 cm³/mol. The molecular formula is C21H25O3P. The van der Waals surface area contributed by atoms with Gasteiger partial charge < -0.3 is 9.30 Å². The summed E-state index contributed by atoms with van der Waals surface area (Å²) in [5, 5.41) is 1.78. The Morgan fingerprint density at radius 3 is 2.00 bits per heavy atom. The number of rotatable bonds is 9. The van der Waals surface area contributed by atoms with Crippen molar-refractivity contribution in [2.75, 3.05) is 12.8 Å². The molecule has 2 aromatic rings. The lowest BCUT2D eigenvalue weighted by atomic mass is 10.2. The minimum Gasteiger partial charge on any atom is -0.466 e. The molecule has 0 N–H and O–H groups in total. The molecule has 0 aliphatic rings. The predicted octanol–water partition coefficient (Wildman–Crippen LogP) is 4.29. The van der Waals surface area contributed by atoms with E-state index in [0.29, 0.717) is 12.8 Å². The highest BCUT2D eigenvalue weighted by atomic mass is 31.2. The minimum atomic E-state index is -2.65. The van der Waals surface area contributed by atoms with E-state index in [1.54, 1.807) is 0 Å². The van der Waals surface area contributed by atoms with Crippen molar-refractivity contribution in [3.05, 3.63) is 72.8 Å². The van der Waals surface area contributed by atoms with Crippen LogP contribution in [-0.4, -0.2) is 18.7 Å². The Hall–Kier alpha value is -2.12. The summed E-state index contributed by atoms with van der Waals surface area (Å²) in [5.41, 5.74) is 0. The summed E-state index contributed by atoms with van der Waals surface area (Å²) in [5.74, 6) is -0.234. The van der Waals surface area contributed by atoms with Gasteiger partial charge in [0.1, 0.15) is 7.14 Å². The van der Waals surface area contributed by atoms with E-state index in [0.717, 1.165) is 29.9 Å². The van der Waals surface area contributed by atoms with Crippen LogP contribution in [0.2, 0.25) is 0 Å². The van der Waals surface area contributed by atoms with Gasteiger partial charge in [0.05, 0.1) is 6.61 Å². The zero-order chi connectivity index (χ0) is 18.0. The average molecular weight is 356 g/mol. The standard InChI is InChI=1S/C21H25O3P/c1-19(22)24-17-11-3-2-4-12-18-25(23,20-13-7-5-8-14-20)21-15-9-6-10-16-21/h4-10,12-16H,2-3,11,17-18H2,1H3/b12-4-. The van der Waals surface area contributed by atoms with Crippen LogP contribution in [0.15, 0.2) is 72.8 Å². The number of esters is 1. The molecule has 2 rings (SSSR count). The number of benzene rings is 2. The third kappa shape index (κ3) is 6.03. The van der Waals surface area contributed by atoms with E-state index in [2.05, 4.69) is 6.08 Å². The zero-order valence-electron chi connectivity index (χ0n) is 14.6. The summed E-state index contributed by atoms with van der Waals surface area (Å²) in [6.07, 6.45) is 7.30. The first kappa shape index (κ1) is 19.2. The molecule has 0 saturated heterocycles. The van der Waals surface area contributed by atoms with Crippen molar-refractivity contribution < 1.29 is 14.1 Å². The molecule has 0 heterocycles. The van der Waals surface area contributed by atoms with Gasteiger partial charge in [-0.3, -0.25) is 4.79 Å². The van der Waals surface area contributed by atoms with Gasteiger partial charge in [-0.05, 0) is 19.3 Å². The van der Waals surface area contributed by atoms with Gasteiger partial charge in [-0.1, -0.05) is 72.8 Å². The fraction of sp³-hybridized carbons (Fsp3) is 0.286. The third-order valence-corrected chi connectivity index (χ3v) is 6.94. The second kappa shape index (κ2) is 10.0. The first-order chi connectivity index (χ1) is 12.1. The summed E-state index contributed by atoms with van der Waals surface area (Å²) in [6, 6.07) is 19.4. The number of hydrogen-bond donors (Lipinski definition) is 0. The summed E-state index contributed by atoms with van der Waals surface area (Å²) >= 11 is 0. The van der Waals surface area contributed by atoms with E-state index in [1.165, 1.54) is 6.92 Å². The van der Waals surface area contributed by atoms with Crippen molar-refractivity contribution in [1.82, 2.24) is 0 Å². The molecule has 0 bridgehead atoms. The molecule has 0 spiro atoms. The Morgan fingerprint density at radius 2 is 1.48 bits per heavy atom. The number of allylic oxidation sites excluding steroid dienone is 2. The van der Waals surface area contributed by atoms with E-state index in [-0.39, 0.29) is 5.97 Å². The van der Waals surface area contributed by atoms with Crippen LogP contribution in [0.3, 0.4) is 0 Å². The molecule has 0 radical (unpaired) electrons. The third-order valence-electron chi connectivity index (χ3n) is 3.95. The van der Waals surface area contributed by atoms with Gasteiger partial charge in [0.15, 0.2) is 0 Å². The van der Waals surface area contributed by atoms with Crippen LogP contribution in [0.4, 0.5) is 0 Å². The Labute approximate surface area is 150 Å². The van der Waals surface area contributed by atoms with Crippen LogP contribution in [0.5, 0.6) is 0 Å². The Bertz CT molecular complexity index is 680. The van der Waals surface area contributed by atoms with Crippen LogP contribution in [0.25, 0.3) is 0 Å². The molecule has 0 aliphatic carbocycles. The van der Waals surface area contributed by atoms with Crippen LogP contribution >= 0.6 is 7.14 Å². The average Bonchev–Trinajstić information content (AvgIpc) is 2.65. The van der Waals surface area contributed by atoms with Gasteiger partial charge in [0.2, 0.25) is 0 Å². The van der Waals surface area contributed by atoms with Crippen molar-refractivity contribution in [3.63, 3.8) is 0 Å². The molecule has 0 fully saturated rings. The summed E-state index contributed by atoms with van der Waals surface area (Å²) in [7, 11) is -2.65. The molecule has 132 valence electrons. The normalized spacial score (nSPS) is 11.6. The van der Waals surface area contributed by atoms with Crippen LogP contribution in [0.1, 0.15) is 26.2 Å². The Balaban J connectivity index is 1.98. The number of carbonyl (C=O) groups is 1. The van der Waals surface area contributed by atoms with Crippen LogP contribution in [-0.2, 0) is 14.1 Å². The van der Waals surface area contributed by atoms with Crippen molar-refractivity contribution >= 4 is 23.7 Å². The highest BCUT2D eigenvalue weighted by Gasteiger charge is 2.25. The van der Waals surface area contributed by atoms with E-state index in [4.69, 9.17) is 4.74 Å². The zero-order valence-corrected chi connectivity index (χ0v) is 15.5. The maximum Gasteiger partial charge on any atom is 0.302 e. The Kier molecular flexibility index (Phi) is 7.69. The van der Waals surface area contributed by atoms with Crippen molar-refractivity contribution in [3.8, 4) is 0 Å². The lowest BCUT2D eigenvalue weighted by Crippen LogP contribution is -2.17. The number of ether oxygens (including phenoxy) is 1. The SMILES string of the molecule is CC(=O)OCCCC/C=C\CP(=O)(c1ccccc1)c1ccccc1. The second-order valence-electron chi connectivity index (χ2n) is 5.90. The molecule has 3 nitrogen and oxygen atoms in total. The van der Waals surface area contributed by atoms with Gasteiger partial charge in [0.25, 0.3) is 0 Å². The molecule has 25 heavy (non-hydrogen) atoms. The van der Waals surface area contributed by atoms with Gasteiger partial charge in [-0.15, -0.1) is 0 Å². The smallest absolute Gasteiger partial charge is 0.302 e. The minimum absolute atomic E-state index is 0.234. The van der Waals surface area contributed by atoms with E-state index >= 15 is 0 Å². The lowest BCUT2D eigenvalue weighted by molar-refractivity contribution is -0.141. The summed E-state index contributed by atoms with van der Waals surface area (Å²) < 4.78 is 18.6. The van der Waals surface area contributed by atoms with Gasteiger partial charge in [0, 0.05) is 23.7 Å². The molecule has 0 unspecified atom stereocenters. The lowest BCUT2D eigenvalue weighted by Gasteiger charge is -2.17. The molecular weight excluding hydrogens is 331 g/mol. The van der Waals surface area contributed by atoms with Gasteiger partial charge in [-0.25, -0.2) is 0 Å². The molecule has 2 aromatic carbocycles. The second-order valence-corrected chi connectivity index (χ2v) is 8.78. The Morgan fingerprint density at radius 1 is 0.920 bits per heavy atom. The van der Waals surface area contributed by atoms with E-state index < -0.39 is 7.14 Å². The topological polar surface area (TPSA) is 43.4 Å². The maximum atomic E-state index is 13.7. The summed E-state index contributed by atoms with van der Waals surface area (Å²) in [6.45, 7) is 1.89. The molecule has 0 aromatic heterocycles.